The number of hydrogen-bond donors (Lipinski definition) is 2. The third-order valence-electron chi connectivity index (χ3n) is 7.30. The van der Waals surface area contributed by atoms with Gasteiger partial charge in [-0.3, -0.25) is 4.72 Å². The summed E-state index contributed by atoms with van der Waals surface area (Å²) in [5, 5.41) is 19.8. The van der Waals surface area contributed by atoms with Gasteiger partial charge >= 0.3 is 5.97 Å². The van der Waals surface area contributed by atoms with E-state index in [2.05, 4.69) is 29.1 Å². The second-order valence-corrected chi connectivity index (χ2v) is 19.1. The molecule has 10 nitrogen and oxygen atoms in total. The Morgan fingerprint density at radius 1 is 1.16 bits per heavy atom. The van der Waals surface area contributed by atoms with E-state index in [1.807, 2.05) is 4.90 Å². The van der Waals surface area contributed by atoms with Gasteiger partial charge in [-0.05, 0) is 68.8 Å². The molecule has 0 aromatic heterocycles. The van der Waals surface area contributed by atoms with Gasteiger partial charge in [0.1, 0.15) is 29.3 Å². The molecule has 0 radical (unpaired) electrons. The maximum absolute atomic E-state index is 14.9. The van der Waals surface area contributed by atoms with Crippen molar-refractivity contribution in [2.45, 2.75) is 75.1 Å². The lowest BCUT2D eigenvalue weighted by Gasteiger charge is -2.39. The molecule has 236 valence electrons. The number of ether oxygens (including phenoxy) is 3. The first-order valence-electron chi connectivity index (χ1n) is 14.5. The smallest absolute Gasteiger partial charge is 0.337 e. The van der Waals surface area contributed by atoms with E-state index in [1.165, 1.54) is 12.1 Å². The summed E-state index contributed by atoms with van der Waals surface area (Å²) in [7, 11) is -4.44. The van der Waals surface area contributed by atoms with Gasteiger partial charge in [0.2, 0.25) is 0 Å². The van der Waals surface area contributed by atoms with E-state index in [4.69, 9.17) is 9.47 Å². The molecule has 0 saturated carbocycles. The first-order chi connectivity index (χ1) is 20.4. The molecule has 2 aromatic carbocycles. The molecule has 1 heterocycles. The lowest BCUT2D eigenvalue weighted by Crippen LogP contribution is -2.40. The number of benzene rings is 2. The van der Waals surface area contributed by atoms with Crippen molar-refractivity contribution in [1.82, 2.24) is 0 Å². The van der Waals surface area contributed by atoms with Crippen molar-refractivity contribution in [3.8, 4) is 11.8 Å². The number of sulfonamides is 1. The number of piperidine rings is 1. The zero-order valence-electron chi connectivity index (χ0n) is 25.3. The van der Waals surface area contributed by atoms with E-state index < -0.39 is 40.5 Å². The third-order valence-corrected chi connectivity index (χ3v) is 10.4. The minimum absolute atomic E-state index is 0.00604. The third kappa shape index (κ3) is 9.92. The topological polar surface area (TPSA) is 138 Å². The maximum Gasteiger partial charge on any atom is 0.337 e. The number of halogens is 1. The highest BCUT2D eigenvalue weighted by Gasteiger charge is 2.29. The highest BCUT2D eigenvalue weighted by atomic mass is 32.2. The molecule has 43 heavy (non-hydrogen) atoms. The van der Waals surface area contributed by atoms with Crippen LogP contribution in [0, 0.1) is 17.1 Å². The van der Waals surface area contributed by atoms with Crippen LogP contribution in [0.3, 0.4) is 0 Å². The number of hydrogen-bond acceptors (Lipinski definition) is 9. The Bertz CT molecular complexity index is 1410. The number of carbonyl (C=O) groups is 1. The molecule has 0 amide bonds. The van der Waals surface area contributed by atoms with Crippen molar-refractivity contribution >= 4 is 35.4 Å². The van der Waals surface area contributed by atoms with E-state index >= 15 is 0 Å². The molecule has 2 aromatic rings. The molecule has 13 heteroatoms. The summed E-state index contributed by atoms with van der Waals surface area (Å²) in [4.78, 5) is 13.4. The van der Waals surface area contributed by atoms with Crippen LogP contribution in [0.2, 0.25) is 25.7 Å². The number of methoxy groups -OCH3 is 1. The summed E-state index contributed by atoms with van der Waals surface area (Å²) >= 11 is 0. The Labute approximate surface area is 254 Å². The van der Waals surface area contributed by atoms with Gasteiger partial charge in [-0.25, -0.2) is 17.6 Å². The fourth-order valence-electron chi connectivity index (χ4n) is 4.90. The van der Waals surface area contributed by atoms with Gasteiger partial charge in [0.05, 0.1) is 29.6 Å². The van der Waals surface area contributed by atoms with Crippen molar-refractivity contribution in [3.63, 3.8) is 0 Å². The Kier molecular flexibility index (Phi) is 12.4. The Morgan fingerprint density at radius 3 is 2.60 bits per heavy atom. The number of anilines is 2. The number of carbonyl (C=O) groups excluding carboxylic acids is 1. The first kappa shape index (κ1) is 34.3. The molecule has 1 atom stereocenters. The quantitative estimate of drug-likeness (QED) is 0.107. The standard InChI is InChI=1S/C30H42FN3O7SSi/c1-39-30(36)22-11-12-28(35)29(18-22)42(37,38)33-26-17-23(20-32)25(31)19-27(26)34-13-7-5-9-24(34)10-6-8-14-40-21-41-15-16-43(2,3)4/h11-12,17-19,24,33,35H,5-10,13-16,21H2,1-4H3/t24-/m0/s1. The highest BCUT2D eigenvalue weighted by Crippen LogP contribution is 2.37. The van der Waals surface area contributed by atoms with Gasteiger partial charge in [0, 0.05) is 39.9 Å². The Balaban J connectivity index is 1.75. The predicted octanol–water partition coefficient (Wildman–Crippen LogP) is 5.85. The monoisotopic (exact) mass is 635 g/mol. The number of phenolic OH excluding ortho intramolecular Hbond substituents is 1. The van der Waals surface area contributed by atoms with Crippen molar-refractivity contribution in [2.75, 3.05) is 43.3 Å². The van der Waals surface area contributed by atoms with Gasteiger partial charge < -0.3 is 24.2 Å². The number of esters is 1. The van der Waals surface area contributed by atoms with E-state index in [9.17, 15) is 28.0 Å². The fourth-order valence-corrected chi connectivity index (χ4v) is 6.84. The average molecular weight is 636 g/mol. The normalized spacial score (nSPS) is 15.6. The van der Waals surface area contributed by atoms with Gasteiger partial charge in [-0.15, -0.1) is 0 Å². The van der Waals surface area contributed by atoms with Crippen LogP contribution in [0.15, 0.2) is 35.2 Å². The maximum atomic E-state index is 14.9. The van der Waals surface area contributed by atoms with Crippen molar-refractivity contribution < 1.29 is 36.9 Å². The van der Waals surface area contributed by atoms with Crippen LogP contribution in [0.5, 0.6) is 5.75 Å². The molecule has 1 aliphatic heterocycles. The fraction of sp³-hybridized carbons (Fsp3) is 0.533. The molecule has 0 aliphatic carbocycles. The van der Waals surface area contributed by atoms with Crippen molar-refractivity contribution in [3.05, 3.63) is 47.3 Å². The van der Waals surface area contributed by atoms with Crippen LogP contribution in [-0.2, 0) is 24.2 Å². The Hall–Kier alpha value is -3.18. The van der Waals surface area contributed by atoms with Gasteiger partial charge in [-0.2, -0.15) is 5.26 Å². The van der Waals surface area contributed by atoms with Crippen molar-refractivity contribution in [1.29, 1.82) is 5.26 Å². The number of aromatic hydroxyl groups is 1. The molecule has 1 saturated heterocycles. The van der Waals surface area contributed by atoms with E-state index in [0.29, 0.717) is 25.4 Å². The number of nitriles is 1. The highest BCUT2D eigenvalue weighted by molar-refractivity contribution is 7.92. The summed E-state index contributed by atoms with van der Waals surface area (Å²) in [6.45, 7) is 9.01. The molecular formula is C30H42FN3O7SSi. The second-order valence-electron chi connectivity index (χ2n) is 11.8. The molecule has 1 fully saturated rings. The number of nitrogens with zero attached hydrogens (tertiary/aromatic N) is 2. The van der Waals surface area contributed by atoms with Gasteiger partial charge in [0.15, 0.2) is 0 Å². The van der Waals surface area contributed by atoms with Crippen LogP contribution in [0.1, 0.15) is 54.4 Å². The molecule has 1 aliphatic rings. The van der Waals surface area contributed by atoms with Crippen molar-refractivity contribution in [2.24, 2.45) is 0 Å². The number of unbranched alkanes of at least 4 members (excludes halogenated alkanes) is 1. The lowest BCUT2D eigenvalue weighted by atomic mass is 9.96. The summed E-state index contributed by atoms with van der Waals surface area (Å²) in [6, 6.07) is 8.52. The average Bonchev–Trinajstić information content (AvgIpc) is 2.96. The first-order valence-corrected chi connectivity index (χ1v) is 19.7. The largest absolute Gasteiger partial charge is 0.507 e. The summed E-state index contributed by atoms with van der Waals surface area (Å²) < 4.78 is 60.1. The summed E-state index contributed by atoms with van der Waals surface area (Å²) in [6.07, 6.45) is 5.12. The van der Waals surface area contributed by atoms with Crippen LogP contribution in [0.4, 0.5) is 15.8 Å². The van der Waals surface area contributed by atoms with Crippen LogP contribution in [0.25, 0.3) is 0 Å². The molecule has 0 unspecified atom stereocenters. The molecule has 3 rings (SSSR count). The van der Waals surface area contributed by atoms with E-state index in [0.717, 1.165) is 69.9 Å². The SMILES string of the molecule is COC(=O)c1ccc(O)c(S(=O)(=O)Nc2cc(C#N)c(F)cc2N2CCCC[C@H]2CCCCOCOCC[Si](C)(C)C)c1. The Morgan fingerprint density at radius 2 is 1.91 bits per heavy atom. The minimum atomic E-state index is -4.46. The molecular weight excluding hydrogens is 593 g/mol. The number of nitrogens with one attached hydrogen (secondary N) is 1. The van der Waals surface area contributed by atoms with E-state index in [1.54, 1.807) is 6.07 Å². The lowest BCUT2D eigenvalue weighted by molar-refractivity contribution is -0.0504. The van der Waals surface area contributed by atoms with Gasteiger partial charge in [-0.1, -0.05) is 19.6 Å². The molecule has 2 N–H and O–H groups in total. The predicted molar refractivity (Wildman–Crippen MR) is 165 cm³/mol. The van der Waals surface area contributed by atoms with Crippen LogP contribution >= 0.6 is 0 Å². The zero-order valence-corrected chi connectivity index (χ0v) is 27.1. The summed E-state index contributed by atoms with van der Waals surface area (Å²) in [5.41, 5.74) is -0.0883. The number of phenols is 1. The minimum Gasteiger partial charge on any atom is -0.507 e. The van der Waals surface area contributed by atoms with Crippen LogP contribution in [-0.4, -0.2) is 67.3 Å². The molecule has 0 spiro atoms. The van der Waals surface area contributed by atoms with Gasteiger partial charge in [0.25, 0.3) is 10.0 Å². The second kappa shape index (κ2) is 15.5. The zero-order chi connectivity index (χ0) is 31.6. The summed E-state index contributed by atoms with van der Waals surface area (Å²) in [5.74, 6) is -2.12. The van der Waals surface area contributed by atoms with E-state index in [-0.39, 0.29) is 29.6 Å². The number of rotatable bonds is 15. The van der Waals surface area contributed by atoms with Crippen LogP contribution < -0.4 is 9.62 Å². The molecule has 0 bridgehead atoms.